The Labute approximate surface area is 61.7 Å². The lowest BCUT2D eigenvalue weighted by molar-refractivity contribution is 0.224. The van der Waals surface area contributed by atoms with E-state index in [2.05, 4.69) is 12.7 Å². The van der Waals surface area contributed by atoms with Crippen molar-refractivity contribution in [3.8, 4) is 0 Å². The van der Waals surface area contributed by atoms with Gasteiger partial charge in [-0.2, -0.15) is 0 Å². The normalized spacial score (nSPS) is 16.9. The quantitative estimate of drug-likeness (QED) is 0.566. The van der Waals surface area contributed by atoms with Crippen molar-refractivity contribution in [3.63, 3.8) is 0 Å². The lowest BCUT2D eigenvalue weighted by Gasteiger charge is -2.09. The minimum atomic E-state index is 0.743. The monoisotopic (exact) mass is 136 g/mol. The number of hydrogen-bond acceptors (Lipinski definition) is 1. The first kappa shape index (κ1) is 7.13. The summed E-state index contributed by atoms with van der Waals surface area (Å²) in [4.78, 5) is 0. The fraction of sp³-hybridized carbons (Fsp3) is 0.333. The van der Waals surface area contributed by atoms with Gasteiger partial charge in [-0.25, -0.2) is 0 Å². The van der Waals surface area contributed by atoms with Gasteiger partial charge in [0.15, 0.2) is 0 Å². The Hall–Kier alpha value is -0.980. The average molecular weight is 136 g/mol. The molecule has 0 saturated carbocycles. The molecule has 0 radical (unpaired) electrons. The van der Waals surface area contributed by atoms with Crippen LogP contribution in [0.3, 0.4) is 0 Å². The van der Waals surface area contributed by atoms with E-state index in [0.717, 1.165) is 24.4 Å². The molecule has 0 aromatic rings. The summed E-state index contributed by atoms with van der Waals surface area (Å²) in [5, 5.41) is 0. The third-order valence-electron chi connectivity index (χ3n) is 1.33. The smallest absolute Gasteiger partial charge is 0.100 e. The molecule has 1 aliphatic rings. The maximum Gasteiger partial charge on any atom is 0.100 e. The number of rotatable bonds is 2. The van der Waals surface area contributed by atoms with E-state index >= 15 is 0 Å². The summed E-state index contributed by atoms with van der Waals surface area (Å²) in [6.07, 6.45) is 6.95. The van der Waals surface area contributed by atoms with E-state index in [4.69, 9.17) is 4.74 Å². The van der Waals surface area contributed by atoms with Gasteiger partial charge in [0.2, 0.25) is 0 Å². The maximum absolute atomic E-state index is 5.30. The van der Waals surface area contributed by atoms with Gasteiger partial charge in [0.25, 0.3) is 0 Å². The van der Waals surface area contributed by atoms with Gasteiger partial charge < -0.3 is 4.74 Å². The number of hydrogen-bond donors (Lipinski definition) is 0. The van der Waals surface area contributed by atoms with Crippen LogP contribution in [0, 0.1) is 0 Å². The van der Waals surface area contributed by atoms with Crippen LogP contribution in [0.2, 0.25) is 0 Å². The van der Waals surface area contributed by atoms with Crippen molar-refractivity contribution in [2.75, 3.05) is 6.61 Å². The molecule has 0 heterocycles. The van der Waals surface area contributed by atoms with E-state index in [1.807, 2.05) is 19.1 Å². The zero-order valence-corrected chi connectivity index (χ0v) is 6.26. The second-order valence-electron chi connectivity index (χ2n) is 2.23. The Morgan fingerprint density at radius 1 is 1.70 bits per heavy atom. The minimum absolute atomic E-state index is 0.743. The first-order valence-corrected chi connectivity index (χ1v) is 3.51. The molecule has 0 aromatic carbocycles. The molecule has 0 saturated heterocycles. The third-order valence-corrected chi connectivity index (χ3v) is 1.33. The van der Waals surface area contributed by atoms with Crippen molar-refractivity contribution in [1.82, 2.24) is 0 Å². The lowest BCUT2D eigenvalue weighted by atomic mass is 10.1. The number of allylic oxidation sites excluding steroid dienone is 4. The highest BCUT2D eigenvalue weighted by molar-refractivity contribution is 5.33. The Bertz CT molecular complexity index is 187. The highest BCUT2D eigenvalue weighted by Gasteiger charge is 1.99. The van der Waals surface area contributed by atoms with E-state index in [-0.39, 0.29) is 0 Å². The van der Waals surface area contributed by atoms with Gasteiger partial charge in [-0.3, -0.25) is 0 Å². The van der Waals surface area contributed by atoms with E-state index < -0.39 is 0 Å². The van der Waals surface area contributed by atoms with Crippen LogP contribution in [0.5, 0.6) is 0 Å². The molecule has 1 heteroatoms. The predicted octanol–water partition coefficient (Wildman–Crippen LogP) is 2.42. The van der Waals surface area contributed by atoms with Gasteiger partial charge in [0.1, 0.15) is 5.76 Å². The summed E-state index contributed by atoms with van der Waals surface area (Å²) in [6.45, 7) is 6.53. The van der Waals surface area contributed by atoms with Crippen LogP contribution in [0.4, 0.5) is 0 Å². The van der Waals surface area contributed by atoms with Crippen molar-refractivity contribution in [2.24, 2.45) is 0 Å². The average Bonchev–Trinajstić information content (AvgIpc) is 1.88. The standard InChI is InChI=1S/C9H12O/c1-3-10-9-6-4-5-8(2)7-9/h4-5,7H,2-3,6H2,1H3. The van der Waals surface area contributed by atoms with Crippen LogP contribution < -0.4 is 0 Å². The summed E-state index contributed by atoms with van der Waals surface area (Å²) < 4.78 is 5.30. The van der Waals surface area contributed by atoms with Crippen molar-refractivity contribution in [2.45, 2.75) is 13.3 Å². The SMILES string of the molecule is C=C1C=CCC(OCC)=C1. The second kappa shape index (κ2) is 3.25. The zero-order chi connectivity index (χ0) is 7.40. The molecule has 10 heavy (non-hydrogen) atoms. The van der Waals surface area contributed by atoms with Crippen LogP contribution >= 0.6 is 0 Å². The van der Waals surface area contributed by atoms with E-state index in [0.29, 0.717) is 0 Å². The molecule has 0 fully saturated rings. The predicted molar refractivity (Wildman–Crippen MR) is 42.6 cm³/mol. The minimum Gasteiger partial charge on any atom is -0.498 e. The fourth-order valence-corrected chi connectivity index (χ4v) is 0.926. The third kappa shape index (κ3) is 1.76. The van der Waals surface area contributed by atoms with Crippen molar-refractivity contribution >= 4 is 0 Å². The van der Waals surface area contributed by atoms with Crippen LogP contribution in [0.25, 0.3) is 0 Å². The molecule has 0 unspecified atom stereocenters. The van der Waals surface area contributed by atoms with Gasteiger partial charge in [-0.1, -0.05) is 18.7 Å². The van der Waals surface area contributed by atoms with E-state index in [1.165, 1.54) is 0 Å². The van der Waals surface area contributed by atoms with Crippen LogP contribution in [0.15, 0.2) is 36.1 Å². The summed E-state index contributed by atoms with van der Waals surface area (Å²) in [5.74, 6) is 1.02. The molecular weight excluding hydrogens is 124 g/mol. The summed E-state index contributed by atoms with van der Waals surface area (Å²) in [5.41, 5.74) is 1.02. The first-order valence-electron chi connectivity index (χ1n) is 3.51. The molecule has 0 atom stereocenters. The molecule has 0 amide bonds. The van der Waals surface area contributed by atoms with Gasteiger partial charge in [0, 0.05) is 6.42 Å². The summed E-state index contributed by atoms with van der Waals surface area (Å²) >= 11 is 0. The second-order valence-corrected chi connectivity index (χ2v) is 2.23. The Morgan fingerprint density at radius 2 is 2.50 bits per heavy atom. The lowest BCUT2D eigenvalue weighted by Crippen LogP contribution is -1.93. The fourth-order valence-electron chi connectivity index (χ4n) is 0.926. The van der Waals surface area contributed by atoms with Crippen molar-refractivity contribution in [3.05, 3.63) is 36.1 Å². The van der Waals surface area contributed by atoms with Gasteiger partial charge in [-0.05, 0) is 18.6 Å². The van der Waals surface area contributed by atoms with E-state index in [9.17, 15) is 0 Å². The van der Waals surface area contributed by atoms with E-state index in [1.54, 1.807) is 0 Å². The topological polar surface area (TPSA) is 9.23 Å². The molecule has 1 aliphatic carbocycles. The largest absolute Gasteiger partial charge is 0.498 e. The molecule has 0 spiro atoms. The van der Waals surface area contributed by atoms with Gasteiger partial charge in [0.05, 0.1) is 6.61 Å². The highest BCUT2D eigenvalue weighted by Crippen LogP contribution is 2.14. The molecular formula is C9H12O. The van der Waals surface area contributed by atoms with Crippen LogP contribution in [-0.4, -0.2) is 6.61 Å². The Kier molecular flexibility index (Phi) is 2.32. The van der Waals surface area contributed by atoms with Crippen LogP contribution in [-0.2, 0) is 4.74 Å². The van der Waals surface area contributed by atoms with Gasteiger partial charge >= 0.3 is 0 Å². The first-order chi connectivity index (χ1) is 4.83. The van der Waals surface area contributed by atoms with Crippen molar-refractivity contribution in [1.29, 1.82) is 0 Å². The van der Waals surface area contributed by atoms with Crippen LogP contribution in [0.1, 0.15) is 13.3 Å². The molecule has 54 valence electrons. The molecule has 1 nitrogen and oxygen atoms in total. The number of ether oxygens (including phenoxy) is 1. The van der Waals surface area contributed by atoms with Gasteiger partial charge in [-0.15, -0.1) is 0 Å². The molecule has 0 aromatic heterocycles. The summed E-state index contributed by atoms with van der Waals surface area (Å²) in [7, 11) is 0. The molecule has 1 rings (SSSR count). The molecule has 0 N–H and O–H groups in total. The molecule has 0 aliphatic heterocycles. The highest BCUT2D eigenvalue weighted by atomic mass is 16.5. The van der Waals surface area contributed by atoms with Crippen molar-refractivity contribution < 1.29 is 4.74 Å². The zero-order valence-electron chi connectivity index (χ0n) is 6.26. The maximum atomic E-state index is 5.30. The molecule has 0 bridgehead atoms. The summed E-state index contributed by atoms with van der Waals surface area (Å²) in [6, 6.07) is 0. The Morgan fingerprint density at radius 3 is 3.10 bits per heavy atom. The Balaban J connectivity index is 2.53.